The number of hydrogen-bond donors (Lipinski definition) is 2. The van der Waals surface area contributed by atoms with Crippen molar-refractivity contribution in [2.45, 2.75) is 18.1 Å². The first-order valence-electron chi connectivity index (χ1n) is 7.58. The third-order valence-corrected chi connectivity index (χ3v) is 4.61. The molecule has 1 aliphatic rings. The van der Waals surface area contributed by atoms with Gasteiger partial charge in [0, 0.05) is 0 Å². The van der Waals surface area contributed by atoms with Gasteiger partial charge in [0.15, 0.2) is 0 Å². The quantitative estimate of drug-likeness (QED) is 0.506. The minimum absolute atomic E-state index is 0. The zero-order valence-corrected chi connectivity index (χ0v) is 19.9. The Balaban J connectivity index is 0. The van der Waals surface area contributed by atoms with Gasteiger partial charge in [0.25, 0.3) is 5.24 Å². The Morgan fingerprint density at radius 2 is 1.52 bits per heavy atom. The van der Waals surface area contributed by atoms with Crippen LogP contribution in [-0.2, 0) is 22.4 Å². The number of carbonyl (C=O) groups is 3. The molecule has 3 rings (SSSR count). The zero-order chi connectivity index (χ0) is 17.8. The average molecular weight is 405 g/mol. The fourth-order valence-corrected chi connectivity index (χ4v) is 3.28. The van der Waals surface area contributed by atoms with Crippen molar-refractivity contribution < 1.29 is 86.2 Å². The fraction of sp³-hybridized carbons (Fsp3) is 0.167. The first kappa shape index (κ1) is 24.2. The summed E-state index contributed by atoms with van der Waals surface area (Å²) in [6.07, 6.45) is 0.455. The number of ether oxygens (including phenoxy) is 1. The summed E-state index contributed by atoms with van der Waals surface area (Å²) in [6, 6.07) is 14.2. The van der Waals surface area contributed by atoms with Crippen molar-refractivity contribution in [1.82, 2.24) is 5.32 Å². The zero-order valence-electron chi connectivity index (χ0n) is 17.1. The van der Waals surface area contributed by atoms with E-state index in [-0.39, 0.29) is 84.8 Å². The molecule has 2 aromatic carbocycles. The first-order chi connectivity index (χ1) is 12.0. The number of hydrogen-bond acceptors (Lipinski definition) is 5. The summed E-state index contributed by atoms with van der Waals surface area (Å²) in [4.78, 5) is 33.4. The van der Waals surface area contributed by atoms with Gasteiger partial charge >= 0.3 is 65.1 Å². The summed E-state index contributed by atoms with van der Waals surface area (Å²) in [5.41, 5.74) is 1.64. The molecular formula is C18H17NNa2O5S. The molecule has 1 heterocycles. The number of carbonyl (C=O) groups excluding carboxylic acids is 2. The maximum atomic E-state index is 11.6. The van der Waals surface area contributed by atoms with Crippen LogP contribution in [0.15, 0.2) is 48.5 Å². The molecule has 27 heavy (non-hydrogen) atoms. The third-order valence-electron chi connectivity index (χ3n) is 3.63. The molecule has 2 amide bonds. The van der Waals surface area contributed by atoms with Gasteiger partial charge in [-0.3, -0.25) is 19.7 Å². The van der Waals surface area contributed by atoms with E-state index < -0.39 is 5.97 Å². The van der Waals surface area contributed by atoms with E-state index in [4.69, 9.17) is 9.84 Å². The second kappa shape index (κ2) is 11.3. The molecule has 2 N–H and O–H groups in total. The van der Waals surface area contributed by atoms with Crippen LogP contribution in [0.2, 0.25) is 0 Å². The standard InChI is InChI=1S/C18H15NO5S.2Na.2H/c20-16(21)10-12-3-7-14(8-4-12)24-13-5-1-11(2-6-13)9-15-17(22)19-18(23)25-15;;;;/h1-8,15H,9-10H2,(H,20,21)(H,19,22,23);;;;/q;2*+1;2*-1. The molecular weight excluding hydrogens is 388 g/mol. The van der Waals surface area contributed by atoms with Crippen molar-refractivity contribution in [2.24, 2.45) is 0 Å². The van der Waals surface area contributed by atoms with Crippen LogP contribution in [0.1, 0.15) is 14.0 Å². The second-order valence-electron chi connectivity index (χ2n) is 5.55. The van der Waals surface area contributed by atoms with Crippen LogP contribution in [0.3, 0.4) is 0 Å². The predicted molar refractivity (Wildman–Crippen MR) is 95.1 cm³/mol. The molecule has 0 radical (unpaired) electrons. The van der Waals surface area contributed by atoms with Crippen LogP contribution in [0.4, 0.5) is 4.79 Å². The molecule has 1 unspecified atom stereocenters. The largest absolute Gasteiger partial charge is 1.00 e. The van der Waals surface area contributed by atoms with Crippen molar-refractivity contribution in [1.29, 1.82) is 0 Å². The van der Waals surface area contributed by atoms with Crippen LogP contribution >= 0.6 is 11.8 Å². The van der Waals surface area contributed by atoms with Crippen molar-refractivity contribution in [2.75, 3.05) is 0 Å². The minimum atomic E-state index is -0.875. The Bertz CT molecular complexity index is 822. The predicted octanol–water partition coefficient (Wildman–Crippen LogP) is -2.77. The van der Waals surface area contributed by atoms with Crippen molar-refractivity contribution >= 4 is 28.9 Å². The van der Waals surface area contributed by atoms with Crippen molar-refractivity contribution in [3.8, 4) is 11.5 Å². The van der Waals surface area contributed by atoms with Crippen LogP contribution in [-0.4, -0.2) is 27.5 Å². The van der Waals surface area contributed by atoms with E-state index in [1.54, 1.807) is 36.4 Å². The number of thioether (sulfide) groups is 1. The van der Waals surface area contributed by atoms with E-state index in [9.17, 15) is 14.4 Å². The first-order valence-corrected chi connectivity index (χ1v) is 8.46. The average Bonchev–Trinajstić information content (AvgIpc) is 2.88. The van der Waals surface area contributed by atoms with Gasteiger partial charge in [-0.1, -0.05) is 36.0 Å². The van der Waals surface area contributed by atoms with E-state index in [2.05, 4.69) is 5.32 Å². The number of amides is 2. The molecule has 1 saturated heterocycles. The Hall–Kier alpha value is -0.800. The van der Waals surface area contributed by atoms with E-state index in [1.807, 2.05) is 12.1 Å². The van der Waals surface area contributed by atoms with Gasteiger partial charge in [0.1, 0.15) is 11.5 Å². The Kier molecular flexibility index (Phi) is 10.1. The number of carboxylic acids is 1. The number of aliphatic carboxylic acids is 1. The molecule has 0 spiro atoms. The summed E-state index contributed by atoms with van der Waals surface area (Å²) in [5.74, 6) is 0.115. The molecule has 1 aliphatic heterocycles. The van der Waals surface area contributed by atoms with Gasteiger partial charge in [-0.05, 0) is 41.8 Å². The Morgan fingerprint density at radius 1 is 1.00 bits per heavy atom. The van der Waals surface area contributed by atoms with Gasteiger partial charge in [0.2, 0.25) is 5.91 Å². The van der Waals surface area contributed by atoms with Crippen LogP contribution in [0.5, 0.6) is 11.5 Å². The monoisotopic (exact) mass is 405 g/mol. The molecule has 0 aliphatic carbocycles. The Morgan fingerprint density at radius 3 is 1.96 bits per heavy atom. The maximum absolute atomic E-state index is 11.6. The van der Waals surface area contributed by atoms with Crippen LogP contribution in [0.25, 0.3) is 0 Å². The third kappa shape index (κ3) is 7.27. The Labute approximate surface area is 208 Å². The molecule has 0 saturated carbocycles. The molecule has 6 nitrogen and oxygen atoms in total. The van der Waals surface area contributed by atoms with Gasteiger partial charge in [0.05, 0.1) is 11.7 Å². The summed E-state index contributed by atoms with van der Waals surface area (Å²) in [6.45, 7) is 0. The topological polar surface area (TPSA) is 92.7 Å². The van der Waals surface area contributed by atoms with E-state index in [1.165, 1.54) is 0 Å². The van der Waals surface area contributed by atoms with Gasteiger partial charge in [-0.2, -0.15) is 0 Å². The van der Waals surface area contributed by atoms with Crippen molar-refractivity contribution in [3.05, 3.63) is 59.7 Å². The number of nitrogens with one attached hydrogen (secondary N) is 1. The second-order valence-corrected chi connectivity index (χ2v) is 6.72. The molecule has 0 bridgehead atoms. The van der Waals surface area contributed by atoms with Crippen LogP contribution < -0.4 is 69.2 Å². The van der Waals surface area contributed by atoms with Gasteiger partial charge in [-0.15, -0.1) is 0 Å². The summed E-state index contributed by atoms with van der Waals surface area (Å²) in [5, 5.41) is 10.3. The molecule has 1 fully saturated rings. The molecule has 0 aromatic heterocycles. The van der Waals surface area contributed by atoms with E-state index in [0.29, 0.717) is 23.5 Å². The van der Waals surface area contributed by atoms with E-state index >= 15 is 0 Å². The number of rotatable bonds is 6. The van der Waals surface area contributed by atoms with Crippen molar-refractivity contribution in [3.63, 3.8) is 0 Å². The fourth-order valence-electron chi connectivity index (χ4n) is 2.42. The van der Waals surface area contributed by atoms with E-state index in [0.717, 1.165) is 17.3 Å². The number of carboxylic acid groups (broad SMARTS) is 1. The van der Waals surface area contributed by atoms with Crippen LogP contribution in [0, 0.1) is 0 Å². The summed E-state index contributed by atoms with van der Waals surface area (Å²) in [7, 11) is 0. The van der Waals surface area contributed by atoms with Gasteiger partial charge in [-0.25, -0.2) is 0 Å². The summed E-state index contributed by atoms with van der Waals surface area (Å²) >= 11 is 1.01. The maximum Gasteiger partial charge on any atom is 1.00 e. The number of benzene rings is 2. The SMILES string of the molecule is O=C(O)Cc1ccc(Oc2ccc(CC3SC(=O)NC3=O)cc2)cc1.[H-].[H-].[Na+].[Na+]. The van der Waals surface area contributed by atoms with Gasteiger partial charge < -0.3 is 12.7 Å². The normalized spacial score (nSPS) is 15.3. The summed E-state index contributed by atoms with van der Waals surface area (Å²) < 4.78 is 5.72. The smallest absolute Gasteiger partial charge is 1.00 e. The molecule has 1 atom stereocenters. The molecule has 2 aromatic rings. The molecule has 9 heteroatoms. The minimum Gasteiger partial charge on any atom is -1.00 e. The number of imide groups is 1. The molecule has 132 valence electrons.